The fraction of sp³-hybridized carbons (Fsp3) is 0.333. The van der Waals surface area contributed by atoms with Crippen molar-refractivity contribution in [1.82, 2.24) is 25.2 Å². The molecule has 1 aromatic carbocycles. The largest absolute Gasteiger partial charge is 0.368 e. The third-order valence-corrected chi connectivity index (χ3v) is 5.83. The molecule has 0 bridgehead atoms. The lowest BCUT2D eigenvalue weighted by Crippen LogP contribution is -2.46. The first-order valence-corrected chi connectivity index (χ1v) is 10.2. The van der Waals surface area contributed by atoms with Gasteiger partial charge >= 0.3 is 0 Å². The summed E-state index contributed by atoms with van der Waals surface area (Å²) in [5.41, 5.74) is 3.88. The summed E-state index contributed by atoms with van der Waals surface area (Å²) in [6, 6.07) is 7.54. The molecule has 1 fully saturated rings. The molecule has 0 radical (unpaired) electrons. The van der Waals surface area contributed by atoms with E-state index in [0.29, 0.717) is 34.0 Å². The van der Waals surface area contributed by atoms with Gasteiger partial charge in [0.2, 0.25) is 0 Å². The Bertz CT molecular complexity index is 1140. The van der Waals surface area contributed by atoms with Gasteiger partial charge in [0.15, 0.2) is 0 Å². The lowest BCUT2D eigenvalue weighted by atomic mass is 10.1. The molecule has 156 valence electrons. The highest BCUT2D eigenvalue weighted by Gasteiger charge is 2.19. The number of carbonyl (C=O) groups excluding carboxylic acids is 1. The van der Waals surface area contributed by atoms with Crippen molar-refractivity contribution < 1.29 is 4.79 Å². The van der Waals surface area contributed by atoms with Crippen molar-refractivity contribution in [2.45, 2.75) is 13.5 Å². The van der Waals surface area contributed by atoms with E-state index in [1.165, 1.54) is 0 Å². The monoisotopic (exact) mass is 426 g/mol. The predicted molar refractivity (Wildman–Crippen MR) is 117 cm³/mol. The first kappa shape index (κ1) is 20.3. The van der Waals surface area contributed by atoms with Gasteiger partial charge in [-0.2, -0.15) is 0 Å². The van der Waals surface area contributed by atoms with Gasteiger partial charge in [-0.15, -0.1) is 0 Å². The second kappa shape index (κ2) is 8.41. The summed E-state index contributed by atoms with van der Waals surface area (Å²) in [4.78, 5) is 39.5. The molecule has 8 nitrogen and oxygen atoms in total. The molecule has 9 heteroatoms. The number of aromatic amines is 1. The number of H-pyrrole nitrogens is 1. The van der Waals surface area contributed by atoms with E-state index < -0.39 is 0 Å². The summed E-state index contributed by atoms with van der Waals surface area (Å²) in [5.74, 6) is -0.190. The van der Waals surface area contributed by atoms with E-state index in [2.05, 4.69) is 30.1 Å². The summed E-state index contributed by atoms with van der Waals surface area (Å²) in [6.45, 7) is 5.82. The number of nitrogens with one attached hydrogen (secondary N) is 2. The Kier molecular flexibility index (Phi) is 5.69. The zero-order valence-corrected chi connectivity index (χ0v) is 17.7. The quantitative estimate of drug-likeness (QED) is 0.662. The van der Waals surface area contributed by atoms with Gasteiger partial charge in [-0.3, -0.25) is 14.5 Å². The Labute approximate surface area is 178 Å². The summed E-state index contributed by atoms with van der Waals surface area (Å²) >= 11 is 6.57. The molecule has 0 saturated carbocycles. The molecule has 3 aromatic rings. The molecule has 2 N–H and O–H groups in total. The third-order valence-electron chi connectivity index (χ3n) is 5.39. The molecular formula is C21H23ClN6O2. The van der Waals surface area contributed by atoms with E-state index in [0.717, 1.165) is 37.4 Å². The minimum atomic E-state index is -0.216. The van der Waals surface area contributed by atoms with Crippen LogP contribution in [0.1, 0.15) is 21.7 Å². The Morgan fingerprint density at radius 1 is 1.20 bits per heavy atom. The number of benzene rings is 1. The lowest BCUT2D eigenvalue weighted by Gasteiger charge is -2.36. The van der Waals surface area contributed by atoms with Crippen LogP contribution in [0.25, 0.3) is 11.0 Å². The van der Waals surface area contributed by atoms with Crippen LogP contribution in [-0.2, 0) is 6.54 Å². The highest BCUT2D eigenvalue weighted by Crippen LogP contribution is 2.26. The number of hydrogen-bond donors (Lipinski definition) is 2. The Morgan fingerprint density at radius 2 is 1.97 bits per heavy atom. The van der Waals surface area contributed by atoms with Crippen LogP contribution in [-0.4, -0.2) is 59.0 Å². The number of carbonyl (C=O) groups is 1. The number of rotatable bonds is 4. The van der Waals surface area contributed by atoms with Crippen LogP contribution >= 0.6 is 11.6 Å². The number of halogens is 1. The van der Waals surface area contributed by atoms with Crippen molar-refractivity contribution >= 4 is 34.2 Å². The first-order valence-electron chi connectivity index (χ1n) is 9.79. The summed E-state index contributed by atoms with van der Waals surface area (Å²) < 4.78 is 0. The number of fused-ring (bicyclic) bond motifs is 1. The standard InChI is InChI=1S/C21H23ClN6O2/c1-13-20(29)26-19-16(25-13)5-3-14(18(19)22)12-27-7-9-28(10-8-27)15-4-6-17(24-11-15)21(30)23-2/h3-6,11H,7-10,12H2,1-2H3,(H,23,30)(H,26,29). The fourth-order valence-electron chi connectivity index (χ4n) is 3.62. The van der Waals surface area contributed by atoms with Crippen LogP contribution in [0, 0.1) is 6.92 Å². The normalized spacial score (nSPS) is 14.8. The molecule has 0 aliphatic carbocycles. The molecule has 1 aliphatic rings. The van der Waals surface area contributed by atoms with E-state index >= 15 is 0 Å². The van der Waals surface area contributed by atoms with E-state index in [1.807, 2.05) is 18.2 Å². The van der Waals surface area contributed by atoms with Gasteiger partial charge in [-0.05, 0) is 30.7 Å². The van der Waals surface area contributed by atoms with Gasteiger partial charge in [-0.1, -0.05) is 17.7 Å². The number of hydrogen-bond acceptors (Lipinski definition) is 6. The average Bonchev–Trinajstić information content (AvgIpc) is 2.77. The lowest BCUT2D eigenvalue weighted by molar-refractivity contribution is 0.0958. The number of aromatic nitrogens is 3. The van der Waals surface area contributed by atoms with Gasteiger partial charge in [-0.25, -0.2) is 9.97 Å². The second-order valence-electron chi connectivity index (χ2n) is 7.33. The van der Waals surface area contributed by atoms with Crippen LogP contribution in [0.15, 0.2) is 35.3 Å². The van der Waals surface area contributed by atoms with Gasteiger partial charge in [0.25, 0.3) is 11.5 Å². The summed E-state index contributed by atoms with van der Waals surface area (Å²) in [7, 11) is 1.59. The molecule has 0 unspecified atom stereocenters. The molecule has 0 atom stereocenters. The molecule has 1 aliphatic heterocycles. The minimum absolute atomic E-state index is 0.190. The third kappa shape index (κ3) is 4.01. The number of aryl methyl sites for hydroxylation is 1. The maximum atomic E-state index is 11.9. The fourth-order valence-corrected chi connectivity index (χ4v) is 3.89. The highest BCUT2D eigenvalue weighted by atomic mass is 35.5. The van der Waals surface area contributed by atoms with Gasteiger partial charge in [0, 0.05) is 39.8 Å². The van der Waals surface area contributed by atoms with Crippen LogP contribution < -0.4 is 15.8 Å². The maximum Gasteiger partial charge on any atom is 0.269 e. The van der Waals surface area contributed by atoms with Crippen molar-refractivity contribution in [2.24, 2.45) is 0 Å². The zero-order chi connectivity index (χ0) is 21.3. The smallest absolute Gasteiger partial charge is 0.269 e. The van der Waals surface area contributed by atoms with Gasteiger partial charge in [0.05, 0.1) is 27.9 Å². The average molecular weight is 427 g/mol. The molecule has 3 heterocycles. The van der Waals surface area contributed by atoms with E-state index in [-0.39, 0.29) is 11.5 Å². The number of pyridine rings is 1. The SMILES string of the molecule is CNC(=O)c1ccc(N2CCN(Cc3ccc4nc(C)c(=O)[nH]c4c3Cl)CC2)cn1. The summed E-state index contributed by atoms with van der Waals surface area (Å²) in [6.07, 6.45) is 1.74. The Balaban J connectivity index is 1.42. The minimum Gasteiger partial charge on any atom is -0.368 e. The molecule has 2 aromatic heterocycles. The molecule has 4 rings (SSSR count). The van der Waals surface area contributed by atoms with E-state index in [9.17, 15) is 9.59 Å². The van der Waals surface area contributed by atoms with Crippen LogP contribution in [0.5, 0.6) is 0 Å². The second-order valence-corrected chi connectivity index (χ2v) is 7.71. The van der Waals surface area contributed by atoms with Gasteiger partial charge in [0.1, 0.15) is 11.4 Å². The van der Waals surface area contributed by atoms with E-state index in [4.69, 9.17) is 11.6 Å². The molecule has 1 saturated heterocycles. The predicted octanol–water partition coefficient (Wildman–Crippen LogP) is 1.96. The Morgan fingerprint density at radius 3 is 2.63 bits per heavy atom. The van der Waals surface area contributed by atoms with Crippen molar-refractivity contribution in [3.05, 3.63) is 62.8 Å². The summed E-state index contributed by atoms with van der Waals surface area (Å²) in [5, 5.41) is 3.12. The molecule has 0 spiro atoms. The van der Waals surface area contributed by atoms with Crippen molar-refractivity contribution in [1.29, 1.82) is 0 Å². The highest BCUT2D eigenvalue weighted by molar-refractivity contribution is 6.35. The number of amides is 1. The van der Waals surface area contributed by atoms with Crippen molar-refractivity contribution in [3.8, 4) is 0 Å². The Hall–Kier alpha value is -2.97. The van der Waals surface area contributed by atoms with Crippen LogP contribution in [0.2, 0.25) is 5.02 Å². The van der Waals surface area contributed by atoms with Gasteiger partial charge < -0.3 is 15.2 Å². The maximum absolute atomic E-state index is 11.9. The molecule has 1 amide bonds. The number of nitrogens with zero attached hydrogens (tertiary/aromatic N) is 4. The van der Waals surface area contributed by atoms with Crippen molar-refractivity contribution in [3.63, 3.8) is 0 Å². The molecule has 30 heavy (non-hydrogen) atoms. The van der Waals surface area contributed by atoms with Crippen LogP contribution in [0.3, 0.4) is 0 Å². The number of anilines is 1. The zero-order valence-electron chi connectivity index (χ0n) is 16.9. The van der Waals surface area contributed by atoms with Crippen LogP contribution in [0.4, 0.5) is 5.69 Å². The first-order chi connectivity index (χ1) is 14.5. The number of piperazine rings is 1. The molecular weight excluding hydrogens is 404 g/mol. The van der Waals surface area contributed by atoms with E-state index in [1.54, 1.807) is 26.2 Å². The topological polar surface area (TPSA) is 94.2 Å². The van der Waals surface area contributed by atoms with Crippen molar-refractivity contribution in [2.75, 3.05) is 38.1 Å².